The van der Waals surface area contributed by atoms with Crippen LogP contribution < -0.4 is 5.32 Å². The highest BCUT2D eigenvalue weighted by atomic mass is 16.7. The van der Waals surface area contributed by atoms with Crippen LogP contribution in [0.4, 0.5) is 4.79 Å². The Kier molecular flexibility index (Phi) is 3.35. The third-order valence-electron chi connectivity index (χ3n) is 5.08. The highest BCUT2D eigenvalue weighted by Crippen LogP contribution is 2.36. The van der Waals surface area contributed by atoms with Crippen LogP contribution >= 0.6 is 0 Å². The molecule has 1 aromatic carbocycles. The Morgan fingerprint density at radius 2 is 2.09 bits per heavy atom. The molecule has 2 amide bonds. The van der Waals surface area contributed by atoms with Crippen molar-refractivity contribution in [3.63, 3.8) is 0 Å². The lowest BCUT2D eigenvalue weighted by atomic mass is 10.0. The number of nitrogens with one attached hydrogen (secondary N) is 1. The first-order chi connectivity index (χ1) is 10.7. The van der Waals surface area contributed by atoms with E-state index in [0.29, 0.717) is 32.2 Å². The number of nitrogens with zero attached hydrogens (tertiary/aromatic N) is 1. The summed E-state index contributed by atoms with van der Waals surface area (Å²) in [6.45, 7) is 4.67. The number of fused-ring (bicyclic) bond motifs is 1. The van der Waals surface area contributed by atoms with Gasteiger partial charge in [0.15, 0.2) is 5.79 Å². The number of rotatable bonds is 1. The van der Waals surface area contributed by atoms with Crippen molar-refractivity contribution in [1.82, 2.24) is 10.2 Å². The molecule has 2 saturated heterocycles. The van der Waals surface area contributed by atoms with E-state index < -0.39 is 5.79 Å². The lowest BCUT2D eigenvalue weighted by molar-refractivity contribution is -0.143. The smallest absolute Gasteiger partial charge is 0.318 e. The summed E-state index contributed by atoms with van der Waals surface area (Å²) in [5.74, 6) is -0.117. The number of hydrogen-bond donors (Lipinski definition) is 1. The highest BCUT2D eigenvalue weighted by molar-refractivity contribution is 5.75. The molecule has 4 rings (SSSR count). The number of ether oxygens (including phenoxy) is 2. The van der Waals surface area contributed by atoms with Crippen LogP contribution in [0.3, 0.4) is 0 Å². The van der Waals surface area contributed by atoms with Gasteiger partial charge in [0.1, 0.15) is 0 Å². The Morgan fingerprint density at radius 1 is 1.32 bits per heavy atom. The zero-order valence-corrected chi connectivity index (χ0v) is 12.9. The van der Waals surface area contributed by atoms with Crippen molar-refractivity contribution in [2.45, 2.75) is 31.6 Å². The first kappa shape index (κ1) is 14.0. The lowest BCUT2D eigenvalue weighted by Gasteiger charge is -2.25. The van der Waals surface area contributed by atoms with Crippen molar-refractivity contribution in [2.75, 3.05) is 26.3 Å². The van der Waals surface area contributed by atoms with Crippen molar-refractivity contribution in [2.24, 2.45) is 5.92 Å². The van der Waals surface area contributed by atoms with Crippen LogP contribution in [0.15, 0.2) is 24.3 Å². The molecule has 2 unspecified atom stereocenters. The second-order valence-corrected chi connectivity index (χ2v) is 6.59. The molecule has 1 spiro atoms. The number of hydrogen-bond acceptors (Lipinski definition) is 3. The van der Waals surface area contributed by atoms with Crippen molar-refractivity contribution in [3.05, 3.63) is 35.4 Å². The molecular weight excluding hydrogens is 280 g/mol. The van der Waals surface area contributed by atoms with Gasteiger partial charge in [0.25, 0.3) is 0 Å². The van der Waals surface area contributed by atoms with E-state index in [1.807, 2.05) is 11.0 Å². The summed E-state index contributed by atoms with van der Waals surface area (Å²) in [5.41, 5.74) is 2.60. The number of likely N-dealkylation sites (tertiary alicyclic amines) is 1. The molecular formula is C17H22N2O3. The number of carbonyl (C=O) groups excluding carboxylic acids is 1. The molecule has 1 aliphatic carbocycles. The molecule has 2 fully saturated rings. The summed E-state index contributed by atoms with van der Waals surface area (Å²) in [4.78, 5) is 14.4. The topological polar surface area (TPSA) is 50.8 Å². The van der Waals surface area contributed by atoms with Crippen LogP contribution in [0.25, 0.3) is 0 Å². The molecule has 0 radical (unpaired) electrons. The van der Waals surface area contributed by atoms with Crippen LogP contribution in [0.5, 0.6) is 0 Å². The van der Waals surface area contributed by atoms with E-state index in [9.17, 15) is 4.79 Å². The van der Waals surface area contributed by atoms with Gasteiger partial charge in [0.05, 0.1) is 25.8 Å². The van der Waals surface area contributed by atoms with Gasteiger partial charge in [-0.25, -0.2) is 4.79 Å². The third-order valence-corrected chi connectivity index (χ3v) is 5.08. The summed E-state index contributed by atoms with van der Waals surface area (Å²) in [6.07, 6.45) is 1.79. The Hall–Kier alpha value is -1.59. The van der Waals surface area contributed by atoms with Crippen LogP contribution in [-0.4, -0.2) is 43.0 Å². The molecule has 5 heteroatoms. The normalized spacial score (nSPS) is 29.0. The number of urea groups is 1. The maximum atomic E-state index is 12.6. The number of carbonyl (C=O) groups is 1. The summed E-state index contributed by atoms with van der Waals surface area (Å²) >= 11 is 0. The largest absolute Gasteiger partial charge is 0.346 e. The van der Waals surface area contributed by atoms with E-state index in [1.54, 1.807) is 0 Å². The molecule has 22 heavy (non-hydrogen) atoms. The van der Waals surface area contributed by atoms with Gasteiger partial charge in [-0.2, -0.15) is 0 Å². The molecule has 1 aromatic rings. The van der Waals surface area contributed by atoms with Crippen LogP contribution in [0.1, 0.15) is 30.5 Å². The van der Waals surface area contributed by atoms with Crippen molar-refractivity contribution < 1.29 is 14.3 Å². The average Bonchev–Trinajstić information content (AvgIpc) is 3.22. The number of benzene rings is 1. The summed E-state index contributed by atoms with van der Waals surface area (Å²) in [5, 5.41) is 3.21. The third kappa shape index (κ3) is 2.29. The molecule has 0 bridgehead atoms. The van der Waals surface area contributed by atoms with Gasteiger partial charge < -0.3 is 19.7 Å². The molecule has 2 heterocycles. The molecule has 1 N–H and O–H groups in total. The summed E-state index contributed by atoms with van der Waals surface area (Å²) in [7, 11) is 0. The van der Waals surface area contributed by atoms with Crippen LogP contribution in [0.2, 0.25) is 0 Å². The van der Waals surface area contributed by atoms with Crippen molar-refractivity contribution >= 4 is 6.03 Å². The zero-order chi connectivity index (χ0) is 15.2. The quantitative estimate of drug-likeness (QED) is 0.864. The lowest BCUT2D eigenvalue weighted by Crippen LogP contribution is -2.43. The molecule has 0 saturated carbocycles. The monoisotopic (exact) mass is 302 g/mol. The van der Waals surface area contributed by atoms with Crippen molar-refractivity contribution in [1.29, 1.82) is 0 Å². The second-order valence-electron chi connectivity index (χ2n) is 6.59. The van der Waals surface area contributed by atoms with Gasteiger partial charge in [0.2, 0.25) is 0 Å². The minimum atomic E-state index is -0.545. The summed E-state index contributed by atoms with van der Waals surface area (Å²) < 4.78 is 11.4. The van der Waals surface area contributed by atoms with Gasteiger partial charge in [-0.3, -0.25) is 0 Å². The van der Waals surface area contributed by atoms with Crippen LogP contribution in [-0.2, 0) is 15.9 Å². The Labute approximate surface area is 130 Å². The molecule has 0 aromatic heterocycles. The van der Waals surface area contributed by atoms with E-state index in [2.05, 4.69) is 30.4 Å². The van der Waals surface area contributed by atoms with Crippen LogP contribution in [0, 0.1) is 5.92 Å². The number of amides is 2. The molecule has 3 aliphatic rings. The predicted octanol–water partition coefficient (Wildman–Crippen LogP) is 2.08. The van der Waals surface area contributed by atoms with Gasteiger partial charge >= 0.3 is 6.03 Å². The van der Waals surface area contributed by atoms with E-state index in [-0.39, 0.29) is 12.1 Å². The van der Waals surface area contributed by atoms with Gasteiger partial charge in [-0.15, -0.1) is 0 Å². The second kappa shape index (κ2) is 5.25. The minimum absolute atomic E-state index is 0.00970. The van der Waals surface area contributed by atoms with E-state index >= 15 is 0 Å². The molecule has 2 aliphatic heterocycles. The standard InChI is InChI=1S/C17H22N2O3/c1-12-10-13-4-2-3-5-14(13)15(12)18-16(20)19-7-6-17(11-19)21-8-9-22-17/h2-5,12,15H,6-11H2,1H3,(H,18,20). The fourth-order valence-corrected chi connectivity index (χ4v) is 3.90. The highest BCUT2D eigenvalue weighted by Gasteiger charge is 2.45. The van der Waals surface area contributed by atoms with Gasteiger partial charge in [-0.05, 0) is 23.5 Å². The van der Waals surface area contributed by atoms with E-state index in [4.69, 9.17) is 9.47 Å². The van der Waals surface area contributed by atoms with Gasteiger partial charge in [0, 0.05) is 13.0 Å². The van der Waals surface area contributed by atoms with Crippen molar-refractivity contribution in [3.8, 4) is 0 Å². The Balaban J connectivity index is 1.44. The maximum Gasteiger partial charge on any atom is 0.318 e. The molecule has 118 valence electrons. The summed E-state index contributed by atoms with van der Waals surface area (Å²) in [6, 6.07) is 8.48. The fourth-order valence-electron chi connectivity index (χ4n) is 3.90. The maximum absolute atomic E-state index is 12.6. The zero-order valence-electron chi connectivity index (χ0n) is 12.9. The SMILES string of the molecule is CC1Cc2ccccc2C1NC(=O)N1CCC2(C1)OCCO2. The molecule has 5 nitrogen and oxygen atoms in total. The molecule has 2 atom stereocenters. The first-order valence-corrected chi connectivity index (χ1v) is 8.08. The first-order valence-electron chi connectivity index (χ1n) is 8.08. The minimum Gasteiger partial charge on any atom is -0.346 e. The Morgan fingerprint density at radius 3 is 2.91 bits per heavy atom. The van der Waals surface area contributed by atoms with E-state index in [1.165, 1.54) is 11.1 Å². The fraction of sp³-hybridized carbons (Fsp3) is 0.588. The Bertz CT molecular complexity index is 583. The average molecular weight is 302 g/mol. The van der Waals surface area contributed by atoms with E-state index in [0.717, 1.165) is 12.8 Å². The predicted molar refractivity (Wildman–Crippen MR) is 81.4 cm³/mol. The van der Waals surface area contributed by atoms with Gasteiger partial charge in [-0.1, -0.05) is 31.2 Å².